The van der Waals surface area contributed by atoms with Crippen LogP contribution in [0.4, 0.5) is 5.69 Å². The van der Waals surface area contributed by atoms with E-state index in [1.165, 1.54) is 49.1 Å². The third kappa shape index (κ3) is 3.09. The van der Waals surface area contributed by atoms with Crippen molar-refractivity contribution in [3.05, 3.63) is 66.2 Å². The maximum atomic E-state index is 12.3. The number of ketones is 1. The van der Waals surface area contributed by atoms with Crippen molar-refractivity contribution < 1.29 is 4.79 Å². The van der Waals surface area contributed by atoms with Crippen LogP contribution < -0.4 is 5.01 Å². The van der Waals surface area contributed by atoms with Gasteiger partial charge in [0.1, 0.15) is 5.78 Å². The molecule has 0 amide bonds. The van der Waals surface area contributed by atoms with Crippen LogP contribution in [0.25, 0.3) is 0 Å². The fraction of sp³-hybridized carbons (Fsp3) is 0.562. The molecule has 1 aliphatic heterocycles. The lowest BCUT2D eigenvalue weighted by molar-refractivity contribution is -0.136. The van der Waals surface area contributed by atoms with Crippen LogP contribution in [0.3, 0.4) is 0 Å². The molecule has 3 heteroatoms. The molecule has 1 heterocycles. The van der Waals surface area contributed by atoms with Crippen molar-refractivity contribution in [3.8, 4) is 0 Å². The second-order valence-electron chi connectivity index (χ2n) is 12.7. The summed E-state index contributed by atoms with van der Waals surface area (Å²) < 4.78 is 0. The topological polar surface area (TPSA) is 32.7 Å². The van der Waals surface area contributed by atoms with Gasteiger partial charge in [0.05, 0.1) is 17.4 Å². The average Bonchev–Trinajstić information content (AvgIpc) is 3.40. The molecule has 0 radical (unpaired) electrons. The fourth-order valence-corrected chi connectivity index (χ4v) is 9.57. The Morgan fingerprint density at radius 2 is 1.63 bits per heavy atom. The molecule has 2 aromatic carbocycles. The minimum Gasteiger partial charge on any atom is -0.300 e. The zero-order chi connectivity index (χ0) is 23.8. The third-order valence-electron chi connectivity index (χ3n) is 11.3. The Kier molecular flexibility index (Phi) is 4.86. The smallest absolute Gasteiger partial charge is 0.133 e. The number of hydrogen-bond acceptors (Lipinski definition) is 3. The summed E-state index contributed by atoms with van der Waals surface area (Å²) in [5.41, 5.74) is 4.64. The van der Waals surface area contributed by atoms with Crippen LogP contribution in [0.5, 0.6) is 0 Å². The number of Topliss-reactive ketones (excluding diaryl/α,β-unsaturated/α-hetero) is 1. The van der Waals surface area contributed by atoms with E-state index >= 15 is 0 Å². The first-order valence-corrected chi connectivity index (χ1v) is 14.0. The Bertz CT molecular complexity index is 1160. The van der Waals surface area contributed by atoms with Gasteiger partial charge in [-0.3, -0.25) is 9.80 Å². The Hall–Kier alpha value is -2.42. The zero-order valence-electron chi connectivity index (χ0n) is 21.2. The fourth-order valence-electron chi connectivity index (χ4n) is 9.57. The van der Waals surface area contributed by atoms with Crippen molar-refractivity contribution in [1.29, 1.82) is 0 Å². The van der Waals surface area contributed by atoms with Gasteiger partial charge in [0.2, 0.25) is 0 Å². The Labute approximate surface area is 210 Å². The van der Waals surface area contributed by atoms with Crippen molar-refractivity contribution in [2.75, 3.05) is 5.01 Å². The number of benzene rings is 2. The summed E-state index contributed by atoms with van der Waals surface area (Å²) in [6.45, 7) is 5.11. The molecule has 5 aliphatic rings. The molecular weight excluding hydrogens is 428 g/mol. The summed E-state index contributed by atoms with van der Waals surface area (Å²) in [6.07, 6.45) is 9.19. The monoisotopic (exact) mass is 466 g/mol. The van der Waals surface area contributed by atoms with Gasteiger partial charge >= 0.3 is 0 Å². The largest absolute Gasteiger partial charge is 0.300 e. The molecule has 0 N–H and O–H groups in total. The zero-order valence-corrected chi connectivity index (χ0v) is 21.2. The van der Waals surface area contributed by atoms with Crippen LogP contribution in [-0.4, -0.2) is 11.5 Å². The van der Waals surface area contributed by atoms with E-state index < -0.39 is 0 Å². The summed E-state index contributed by atoms with van der Waals surface area (Å²) in [6, 6.07) is 22.2. The van der Waals surface area contributed by atoms with E-state index in [0.29, 0.717) is 23.0 Å². The van der Waals surface area contributed by atoms with Crippen LogP contribution in [0, 0.1) is 40.4 Å². The molecule has 4 aliphatic carbocycles. The lowest BCUT2D eigenvalue weighted by atomic mass is 9.45. The van der Waals surface area contributed by atoms with Crippen molar-refractivity contribution in [2.24, 2.45) is 45.5 Å². The lowest BCUT2D eigenvalue weighted by Crippen LogP contribution is -2.53. The predicted molar refractivity (Wildman–Crippen MR) is 141 cm³/mol. The van der Waals surface area contributed by atoms with Gasteiger partial charge in [-0.1, -0.05) is 62.4 Å². The Morgan fingerprint density at radius 3 is 2.40 bits per heavy atom. The lowest BCUT2D eigenvalue weighted by Gasteiger charge is -2.59. The highest BCUT2D eigenvalue weighted by atomic mass is 16.1. The first-order valence-electron chi connectivity index (χ1n) is 14.0. The van der Waals surface area contributed by atoms with Gasteiger partial charge in [0, 0.05) is 24.2 Å². The number of para-hydroxylation sites is 1. The van der Waals surface area contributed by atoms with E-state index in [4.69, 9.17) is 5.10 Å². The minimum absolute atomic E-state index is 0.204. The molecule has 4 fully saturated rings. The van der Waals surface area contributed by atoms with Crippen LogP contribution in [0.15, 0.2) is 65.8 Å². The maximum absolute atomic E-state index is 12.3. The van der Waals surface area contributed by atoms with Crippen LogP contribution in [0.1, 0.15) is 76.8 Å². The molecule has 8 atom stereocenters. The molecule has 0 aromatic heterocycles. The van der Waals surface area contributed by atoms with Crippen molar-refractivity contribution in [2.45, 2.75) is 71.3 Å². The molecule has 4 saturated carbocycles. The number of fused-ring (bicyclic) bond motifs is 7. The predicted octanol–water partition coefficient (Wildman–Crippen LogP) is 7.44. The number of carbonyl (C=O) groups excluding carboxylic acids is 1. The van der Waals surface area contributed by atoms with E-state index in [2.05, 4.69) is 79.5 Å². The number of carbonyl (C=O) groups is 1. The SMILES string of the molecule is C[C@]12CCC(=O)C[C@@H]1CC[C@@H]1[C@@H]2CC[C@]2(C)C3=NN(c4ccccc4)[C@H](c4ccccc4)[C@H]3C[C@@H]12. The summed E-state index contributed by atoms with van der Waals surface area (Å²) >= 11 is 0. The van der Waals surface area contributed by atoms with E-state index in [-0.39, 0.29) is 11.5 Å². The second kappa shape index (κ2) is 7.79. The molecular formula is C32H38N2O. The quantitative estimate of drug-likeness (QED) is 0.461. The highest BCUT2D eigenvalue weighted by Crippen LogP contribution is 2.68. The highest BCUT2D eigenvalue weighted by molar-refractivity contribution is 5.98. The number of anilines is 1. The van der Waals surface area contributed by atoms with Crippen LogP contribution in [-0.2, 0) is 4.79 Å². The van der Waals surface area contributed by atoms with Crippen LogP contribution >= 0.6 is 0 Å². The van der Waals surface area contributed by atoms with Gasteiger partial charge in [-0.2, -0.15) is 5.10 Å². The second-order valence-corrected chi connectivity index (χ2v) is 12.7. The standard InChI is InChI=1S/C32H38N2O/c1-31-17-15-24(35)19-22(31)13-14-25-27(31)16-18-32(2)28(25)20-26-29(21-9-5-3-6-10-21)34(33-30(26)32)23-11-7-4-8-12-23/h3-12,22,25-29H,13-20H2,1-2H3/t22-,25+,26+,27-,28-,29+,31-,32-/m0/s1. The Balaban J connectivity index is 1.27. The molecule has 0 bridgehead atoms. The minimum atomic E-state index is 0.204. The van der Waals surface area contributed by atoms with E-state index in [1.54, 1.807) is 0 Å². The van der Waals surface area contributed by atoms with E-state index in [9.17, 15) is 4.79 Å². The van der Waals surface area contributed by atoms with Gasteiger partial charge in [-0.25, -0.2) is 0 Å². The molecule has 0 unspecified atom stereocenters. The molecule has 182 valence electrons. The third-order valence-corrected chi connectivity index (χ3v) is 11.3. The van der Waals surface area contributed by atoms with Gasteiger partial charge in [0.25, 0.3) is 0 Å². The first-order chi connectivity index (χ1) is 17.0. The molecule has 35 heavy (non-hydrogen) atoms. The normalized spacial score (nSPS) is 42.1. The van der Waals surface area contributed by atoms with Gasteiger partial charge in [-0.05, 0) is 85.3 Å². The van der Waals surface area contributed by atoms with Gasteiger partial charge in [-0.15, -0.1) is 0 Å². The molecule has 2 aromatic rings. The van der Waals surface area contributed by atoms with Crippen molar-refractivity contribution in [3.63, 3.8) is 0 Å². The van der Waals surface area contributed by atoms with Gasteiger partial charge in [0.15, 0.2) is 0 Å². The highest BCUT2D eigenvalue weighted by Gasteiger charge is 2.64. The number of hydrogen-bond donors (Lipinski definition) is 0. The summed E-state index contributed by atoms with van der Waals surface area (Å²) in [5.74, 6) is 3.93. The number of hydrazone groups is 1. The number of rotatable bonds is 2. The van der Waals surface area contributed by atoms with Crippen molar-refractivity contribution >= 4 is 17.2 Å². The van der Waals surface area contributed by atoms with Gasteiger partial charge < -0.3 is 0 Å². The first kappa shape index (κ1) is 21.8. The summed E-state index contributed by atoms with van der Waals surface area (Å²) in [4.78, 5) is 12.3. The molecule has 3 nitrogen and oxygen atoms in total. The van der Waals surface area contributed by atoms with E-state index in [1.807, 2.05) is 0 Å². The van der Waals surface area contributed by atoms with E-state index in [0.717, 1.165) is 37.0 Å². The summed E-state index contributed by atoms with van der Waals surface area (Å²) in [5, 5.41) is 7.83. The average molecular weight is 467 g/mol. The molecule has 0 saturated heterocycles. The Morgan fingerprint density at radius 1 is 0.886 bits per heavy atom. The number of nitrogens with zero attached hydrogens (tertiary/aromatic N) is 2. The summed E-state index contributed by atoms with van der Waals surface area (Å²) in [7, 11) is 0. The molecule has 7 rings (SSSR count). The maximum Gasteiger partial charge on any atom is 0.133 e. The van der Waals surface area contributed by atoms with Crippen molar-refractivity contribution in [1.82, 2.24) is 0 Å². The molecule has 0 spiro atoms. The van der Waals surface area contributed by atoms with Crippen LogP contribution in [0.2, 0.25) is 0 Å².